The van der Waals surface area contributed by atoms with Crippen LogP contribution in [0.3, 0.4) is 0 Å². The van der Waals surface area contributed by atoms with Gasteiger partial charge in [0.25, 0.3) is 0 Å². The monoisotopic (exact) mass is 316 g/mol. The Hall–Kier alpha value is -1.99. The maximum Gasteiger partial charge on any atom is 0.0353 e. The van der Waals surface area contributed by atoms with E-state index in [0.717, 1.165) is 6.42 Å². The second-order valence-corrected chi connectivity index (χ2v) is 7.50. The van der Waals surface area contributed by atoms with E-state index in [1.165, 1.54) is 27.1 Å². The molecule has 1 heteroatoms. The third-order valence-electron chi connectivity index (χ3n) is 4.66. The lowest BCUT2D eigenvalue weighted by Gasteiger charge is -2.32. The number of rotatable bonds is 2. The molecule has 3 aromatic rings. The smallest absolute Gasteiger partial charge is 0.0353 e. The normalized spacial score (nSPS) is 20.0. The van der Waals surface area contributed by atoms with Crippen LogP contribution in [0.25, 0.3) is 0 Å². The van der Waals surface area contributed by atoms with E-state index in [2.05, 4.69) is 85.8 Å². The Bertz CT molecular complexity index is 790. The first-order chi connectivity index (χ1) is 11.3. The summed E-state index contributed by atoms with van der Waals surface area (Å²) >= 11 is 2.01. The summed E-state index contributed by atoms with van der Waals surface area (Å²) in [5, 5.41) is 0.525. The van der Waals surface area contributed by atoms with Crippen molar-refractivity contribution in [2.24, 2.45) is 0 Å². The molecule has 1 heterocycles. The van der Waals surface area contributed by atoms with Gasteiger partial charge in [-0.15, -0.1) is 11.8 Å². The van der Waals surface area contributed by atoms with Crippen LogP contribution in [0, 0.1) is 6.92 Å². The molecule has 3 aromatic carbocycles. The number of hydrogen-bond acceptors (Lipinski definition) is 1. The minimum Gasteiger partial charge on any atom is -0.118 e. The average Bonchev–Trinajstić information content (AvgIpc) is 2.62. The van der Waals surface area contributed by atoms with Crippen molar-refractivity contribution >= 4 is 11.8 Å². The lowest BCUT2D eigenvalue weighted by atomic mass is 9.85. The van der Waals surface area contributed by atoms with Crippen LogP contribution < -0.4 is 0 Å². The summed E-state index contributed by atoms with van der Waals surface area (Å²) < 4.78 is 0. The molecule has 0 unspecified atom stereocenters. The Labute approximate surface area is 142 Å². The molecule has 114 valence electrons. The minimum atomic E-state index is 0.484. The summed E-state index contributed by atoms with van der Waals surface area (Å²) in [6.45, 7) is 2.15. The number of aryl methyl sites for hydroxylation is 1. The van der Waals surface area contributed by atoms with Crippen LogP contribution in [0.5, 0.6) is 0 Å². The van der Waals surface area contributed by atoms with Gasteiger partial charge in [-0.3, -0.25) is 0 Å². The molecule has 0 aliphatic carbocycles. The summed E-state index contributed by atoms with van der Waals surface area (Å²) in [4.78, 5) is 1.43. The fourth-order valence-corrected chi connectivity index (χ4v) is 4.80. The second-order valence-electron chi connectivity index (χ2n) is 6.25. The molecular weight excluding hydrogens is 296 g/mol. The van der Waals surface area contributed by atoms with Crippen LogP contribution in [0.2, 0.25) is 0 Å². The highest BCUT2D eigenvalue weighted by Gasteiger charge is 2.29. The van der Waals surface area contributed by atoms with Gasteiger partial charge in [0.05, 0.1) is 0 Å². The number of hydrogen-bond donors (Lipinski definition) is 0. The largest absolute Gasteiger partial charge is 0.118 e. The molecule has 0 saturated heterocycles. The van der Waals surface area contributed by atoms with Gasteiger partial charge in [0, 0.05) is 16.1 Å². The van der Waals surface area contributed by atoms with E-state index < -0.39 is 0 Å². The number of thioether (sulfide) groups is 1. The highest BCUT2D eigenvalue weighted by molar-refractivity contribution is 7.99. The van der Waals surface area contributed by atoms with E-state index in [-0.39, 0.29) is 0 Å². The molecule has 4 rings (SSSR count). The van der Waals surface area contributed by atoms with Crippen molar-refractivity contribution in [2.45, 2.75) is 29.4 Å². The highest BCUT2D eigenvalue weighted by atomic mass is 32.2. The van der Waals surface area contributed by atoms with Crippen molar-refractivity contribution in [1.29, 1.82) is 0 Å². The van der Waals surface area contributed by atoms with Crippen LogP contribution in [0.1, 0.15) is 39.8 Å². The summed E-state index contributed by atoms with van der Waals surface area (Å²) in [5.41, 5.74) is 5.67. The molecule has 1 aliphatic rings. The molecule has 0 bridgehead atoms. The van der Waals surface area contributed by atoms with Crippen molar-refractivity contribution < 1.29 is 0 Å². The van der Waals surface area contributed by atoms with E-state index in [4.69, 9.17) is 0 Å². The van der Waals surface area contributed by atoms with E-state index >= 15 is 0 Å². The molecule has 0 spiro atoms. The zero-order valence-corrected chi connectivity index (χ0v) is 14.1. The predicted octanol–water partition coefficient (Wildman–Crippen LogP) is 6.36. The molecule has 0 nitrogen and oxygen atoms in total. The van der Waals surface area contributed by atoms with Gasteiger partial charge in [-0.2, -0.15) is 0 Å². The lowest BCUT2D eigenvalue weighted by Crippen LogP contribution is -2.12. The van der Waals surface area contributed by atoms with Crippen molar-refractivity contribution in [1.82, 2.24) is 0 Å². The molecule has 0 saturated carbocycles. The lowest BCUT2D eigenvalue weighted by molar-refractivity contribution is 0.676. The van der Waals surface area contributed by atoms with Crippen molar-refractivity contribution in [2.75, 3.05) is 0 Å². The zero-order valence-electron chi connectivity index (χ0n) is 13.3. The zero-order chi connectivity index (χ0) is 15.6. The van der Waals surface area contributed by atoms with E-state index in [1.807, 2.05) is 11.8 Å². The Kier molecular flexibility index (Phi) is 3.97. The third kappa shape index (κ3) is 2.94. The molecule has 0 fully saturated rings. The fraction of sp³-hybridized carbons (Fsp3) is 0.182. The minimum absolute atomic E-state index is 0.484. The van der Waals surface area contributed by atoms with E-state index in [0.29, 0.717) is 11.2 Å². The van der Waals surface area contributed by atoms with Crippen LogP contribution in [0.4, 0.5) is 0 Å². The summed E-state index contributed by atoms with van der Waals surface area (Å²) in [6.07, 6.45) is 1.16. The molecule has 23 heavy (non-hydrogen) atoms. The second kappa shape index (κ2) is 6.25. The molecule has 0 N–H and O–H groups in total. The SMILES string of the molecule is Cc1ccc([C@H]2C[C@@H](c3ccccc3)Sc3ccccc32)cc1. The summed E-state index contributed by atoms with van der Waals surface area (Å²) in [5.74, 6) is 0.484. The van der Waals surface area contributed by atoms with Crippen LogP contribution in [-0.2, 0) is 0 Å². The van der Waals surface area contributed by atoms with Crippen molar-refractivity contribution in [3.05, 3.63) is 101 Å². The van der Waals surface area contributed by atoms with E-state index in [1.54, 1.807) is 0 Å². The van der Waals surface area contributed by atoms with Crippen molar-refractivity contribution in [3.63, 3.8) is 0 Å². The fourth-order valence-electron chi connectivity index (χ4n) is 3.40. The Balaban J connectivity index is 1.76. The number of fused-ring (bicyclic) bond motifs is 1. The summed E-state index contributed by atoms with van der Waals surface area (Å²) in [6, 6.07) is 28.9. The van der Waals surface area contributed by atoms with Crippen LogP contribution >= 0.6 is 11.8 Å². The van der Waals surface area contributed by atoms with Gasteiger partial charge >= 0.3 is 0 Å². The first kappa shape index (κ1) is 14.6. The highest BCUT2D eigenvalue weighted by Crippen LogP contribution is 2.51. The predicted molar refractivity (Wildman–Crippen MR) is 99.1 cm³/mol. The van der Waals surface area contributed by atoms with Crippen LogP contribution in [0.15, 0.2) is 83.8 Å². The van der Waals surface area contributed by atoms with Gasteiger partial charge in [-0.1, -0.05) is 78.4 Å². The standard InChI is InChI=1S/C22H20S/c1-16-11-13-17(14-12-16)20-15-22(18-7-3-2-4-8-18)23-21-10-6-5-9-19(20)21/h2-14,20,22H,15H2,1H3/t20-,22+/m1/s1. The van der Waals surface area contributed by atoms with Gasteiger partial charge in [0.1, 0.15) is 0 Å². The van der Waals surface area contributed by atoms with Gasteiger partial charge in [0.2, 0.25) is 0 Å². The topological polar surface area (TPSA) is 0 Å². The Morgan fingerprint density at radius 2 is 1.43 bits per heavy atom. The maximum atomic E-state index is 2.30. The quantitative estimate of drug-likeness (QED) is 0.530. The molecule has 0 amide bonds. The molecule has 2 atom stereocenters. The third-order valence-corrected chi connectivity index (χ3v) is 6.04. The van der Waals surface area contributed by atoms with Gasteiger partial charge in [-0.25, -0.2) is 0 Å². The molecular formula is C22H20S. The summed E-state index contributed by atoms with van der Waals surface area (Å²) in [7, 11) is 0. The Morgan fingerprint density at radius 1 is 0.739 bits per heavy atom. The Morgan fingerprint density at radius 3 is 2.22 bits per heavy atom. The molecule has 0 aromatic heterocycles. The van der Waals surface area contributed by atoms with Crippen molar-refractivity contribution in [3.8, 4) is 0 Å². The van der Waals surface area contributed by atoms with Gasteiger partial charge in [-0.05, 0) is 36.1 Å². The first-order valence-corrected chi connectivity index (χ1v) is 9.06. The number of benzene rings is 3. The van der Waals surface area contributed by atoms with Gasteiger partial charge < -0.3 is 0 Å². The van der Waals surface area contributed by atoms with E-state index in [9.17, 15) is 0 Å². The average molecular weight is 316 g/mol. The molecule has 1 aliphatic heterocycles. The van der Waals surface area contributed by atoms with Crippen LogP contribution in [-0.4, -0.2) is 0 Å². The molecule has 0 radical (unpaired) electrons. The van der Waals surface area contributed by atoms with Gasteiger partial charge in [0.15, 0.2) is 0 Å². The maximum absolute atomic E-state index is 2.30. The first-order valence-electron chi connectivity index (χ1n) is 8.18.